The Balaban J connectivity index is 1.54. The molecule has 2 aromatic heterocycles. The number of aliphatic hydroxyl groups is 1. The molecule has 0 aliphatic rings. The summed E-state index contributed by atoms with van der Waals surface area (Å²) >= 11 is 0. The van der Waals surface area contributed by atoms with Crippen LogP contribution in [-0.2, 0) is 11.2 Å². The van der Waals surface area contributed by atoms with Crippen molar-refractivity contribution in [2.45, 2.75) is 19.4 Å². The Bertz CT molecular complexity index is 909. The molecule has 1 unspecified atom stereocenters. The highest BCUT2D eigenvalue weighted by molar-refractivity contribution is 5.78. The van der Waals surface area contributed by atoms with E-state index < -0.39 is 6.10 Å². The molecular weight excluding hydrogens is 348 g/mol. The standard InChI is InChI=1S/C18H20N6O3/c1-12-21-22-23-24(12)14-8-6-13(7-9-14)10-17(26)19-11-16(25)15-4-3-5-18(20-15)27-2/h3-9,16,25H,10-11H2,1-2H3,(H,19,26). The van der Waals surface area contributed by atoms with Gasteiger partial charge < -0.3 is 15.2 Å². The molecule has 0 aliphatic carbocycles. The van der Waals surface area contributed by atoms with Crippen molar-refractivity contribution in [2.24, 2.45) is 0 Å². The molecular formula is C18H20N6O3. The van der Waals surface area contributed by atoms with E-state index in [0.717, 1.165) is 11.3 Å². The highest BCUT2D eigenvalue weighted by atomic mass is 16.5. The number of tetrazole rings is 1. The molecule has 1 aromatic carbocycles. The van der Waals surface area contributed by atoms with Gasteiger partial charge in [-0.15, -0.1) is 5.10 Å². The highest BCUT2D eigenvalue weighted by Gasteiger charge is 2.12. The molecule has 0 aliphatic heterocycles. The Kier molecular flexibility index (Phi) is 5.72. The first kappa shape index (κ1) is 18.5. The van der Waals surface area contributed by atoms with Crippen molar-refractivity contribution in [3.8, 4) is 11.6 Å². The van der Waals surface area contributed by atoms with Gasteiger partial charge in [0.1, 0.15) is 6.10 Å². The lowest BCUT2D eigenvalue weighted by atomic mass is 10.1. The number of ether oxygens (including phenoxy) is 1. The van der Waals surface area contributed by atoms with Gasteiger partial charge in [0.2, 0.25) is 11.8 Å². The predicted octanol–water partition coefficient (Wildman–Crippen LogP) is 0.767. The van der Waals surface area contributed by atoms with Crippen LogP contribution in [0.3, 0.4) is 0 Å². The summed E-state index contributed by atoms with van der Waals surface area (Å²) in [7, 11) is 1.51. The molecule has 2 N–H and O–H groups in total. The minimum absolute atomic E-state index is 0.0703. The van der Waals surface area contributed by atoms with Crippen LogP contribution < -0.4 is 10.1 Å². The number of hydrogen-bond donors (Lipinski definition) is 2. The Morgan fingerprint density at radius 3 is 2.70 bits per heavy atom. The van der Waals surface area contributed by atoms with Crippen LogP contribution in [0.5, 0.6) is 5.88 Å². The number of hydrogen-bond acceptors (Lipinski definition) is 7. The first-order valence-corrected chi connectivity index (χ1v) is 8.37. The summed E-state index contributed by atoms with van der Waals surface area (Å²) < 4.78 is 6.64. The topological polar surface area (TPSA) is 115 Å². The van der Waals surface area contributed by atoms with Crippen molar-refractivity contribution < 1.29 is 14.6 Å². The van der Waals surface area contributed by atoms with Crippen LogP contribution in [0.25, 0.3) is 5.69 Å². The third-order valence-electron chi connectivity index (χ3n) is 3.96. The summed E-state index contributed by atoms with van der Waals surface area (Å²) in [6.45, 7) is 1.88. The minimum atomic E-state index is -0.908. The van der Waals surface area contributed by atoms with Gasteiger partial charge in [0.25, 0.3) is 0 Å². The molecule has 140 valence electrons. The molecule has 1 atom stereocenters. The van der Waals surface area contributed by atoms with Gasteiger partial charge >= 0.3 is 0 Å². The number of aromatic nitrogens is 5. The number of benzene rings is 1. The van der Waals surface area contributed by atoms with Crippen LogP contribution in [-0.4, -0.2) is 49.9 Å². The van der Waals surface area contributed by atoms with Crippen LogP contribution in [0.1, 0.15) is 23.2 Å². The number of methoxy groups -OCH3 is 1. The van der Waals surface area contributed by atoms with Crippen LogP contribution in [0.4, 0.5) is 0 Å². The summed E-state index contributed by atoms with van der Waals surface area (Å²) in [5.74, 6) is 0.903. The van der Waals surface area contributed by atoms with E-state index in [1.165, 1.54) is 7.11 Å². The third kappa shape index (κ3) is 4.64. The van der Waals surface area contributed by atoms with Gasteiger partial charge in [-0.2, -0.15) is 4.68 Å². The van der Waals surface area contributed by atoms with Gasteiger partial charge in [0, 0.05) is 12.6 Å². The lowest BCUT2D eigenvalue weighted by Gasteiger charge is -2.12. The van der Waals surface area contributed by atoms with Crippen molar-refractivity contribution in [3.05, 3.63) is 59.5 Å². The Labute approximate surface area is 156 Å². The van der Waals surface area contributed by atoms with E-state index in [4.69, 9.17) is 4.74 Å². The number of aryl methyl sites for hydroxylation is 1. The minimum Gasteiger partial charge on any atom is -0.481 e. The van der Waals surface area contributed by atoms with Gasteiger partial charge in [-0.1, -0.05) is 18.2 Å². The van der Waals surface area contributed by atoms with Gasteiger partial charge in [0.15, 0.2) is 5.82 Å². The largest absolute Gasteiger partial charge is 0.481 e. The quantitative estimate of drug-likeness (QED) is 0.633. The fourth-order valence-corrected chi connectivity index (χ4v) is 2.52. The first-order valence-electron chi connectivity index (χ1n) is 8.37. The van der Waals surface area contributed by atoms with Gasteiger partial charge in [-0.25, -0.2) is 4.98 Å². The molecule has 9 heteroatoms. The number of amides is 1. The molecule has 0 spiro atoms. The summed E-state index contributed by atoms with van der Waals surface area (Å²) in [6, 6.07) is 12.5. The second-order valence-electron chi connectivity index (χ2n) is 5.91. The second-order valence-corrected chi connectivity index (χ2v) is 5.91. The average molecular weight is 368 g/mol. The van der Waals surface area contributed by atoms with Crippen LogP contribution in [0.2, 0.25) is 0 Å². The Hall–Kier alpha value is -3.33. The SMILES string of the molecule is COc1cccc(C(O)CNC(=O)Cc2ccc(-n3nnnc3C)cc2)n1. The normalized spacial score (nSPS) is 11.8. The summed E-state index contributed by atoms with van der Waals surface area (Å²) in [6.07, 6.45) is -0.707. The molecule has 0 saturated heterocycles. The van der Waals surface area contributed by atoms with Crippen LogP contribution >= 0.6 is 0 Å². The van der Waals surface area contributed by atoms with Gasteiger partial charge in [-0.3, -0.25) is 4.79 Å². The van der Waals surface area contributed by atoms with Crippen molar-refractivity contribution in [1.29, 1.82) is 0 Å². The zero-order valence-electron chi connectivity index (χ0n) is 15.0. The van der Waals surface area contributed by atoms with Gasteiger partial charge in [0.05, 0.1) is 24.9 Å². The predicted molar refractivity (Wildman–Crippen MR) is 96.4 cm³/mol. The first-order chi connectivity index (χ1) is 13.1. The second kappa shape index (κ2) is 8.37. The van der Waals surface area contributed by atoms with E-state index in [9.17, 15) is 9.90 Å². The van der Waals surface area contributed by atoms with Crippen LogP contribution in [0, 0.1) is 6.92 Å². The summed E-state index contributed by atoms with van der Waals surface area (Å²) in [5.41, 5.74) is 2.10. The third-order valence-corrected chi connectivity index (χ3v) is 3.96. The molecule has 1 amide bonds. The van der Waals surface area contributed by atoms with Crippen molar-refractivity contribution in [3.63, 3.8) is 0 Å². The van der Waals surface area contributed by atoms with Crippen molar-refractivity contribution >= 4 is 5.91 Å². The number of pyridine rings is 1. The molecule has 0 fully saturated rings. The number of carbonyl (C=O) groups excluding carboxylic acids is 1. The maximum Gasteiger partial charge on any atom is 0.224 e. The fraction of sp³-hybridized carbons (Fsp3) is 0.278. The molecule has 27 heavy (non-hydrogen) atoms. The van der Waals surface area contributed by atoms with E-state index in [1.54, 1.807) is 22.9 Å². The molecule has 3 rings (SSSR count). The highest BCUT2D eigenvalue weighted by Crippen LogP contribution is 2.14. The number of carbonyl (C=O) groups is 1. The van der Waals surface area contributed by atoms with E-state index in [2.05, 4.69) is 25.8 Å². The zero-order valence-corrected chi connectivity index (χ0v) is 15.0. The maximum absolute atomic E-state index is 12.1. The molecule has 2 heterocycles. The molecule has 3 aromatic rings. The van der Waals surface area contributed by atoms with Gasteiger partial charge in [-0.05, 0) is 41.1 Å². The van der Waals surface area contributed by atoms with Crippen molar-refractivity contribution in [1.82, 2.24) is 30.5 Å². The fourth-order valence-electron chi connectivity index (χ4n) is 2.52. The number of nitrogens with zero attached hydrogens (tertiary/aromatic N) is 5. The maximum atomic E-state index is 12.1. The lowest BCUT2D eigenvalue weighted by Crippen LogP contribution is -2.30. The van der Waals surface area contributed by atoms with Crippen molar-refractivity contribution in [2.75, 3.05) is 13.7 Å². The number of aliphatic hydroxyl groups excluding tert-OH is 1. The Morgan fingerprint density at radius 1 is 1.26 bits per heavy atom. The summed E-state index contributed by atoms with van der Waals surface area (Å²) in [5, 5.41) is 24.2. The zero-order chi connectivity index (χ0) is 19.2. The smallest absolute Gasteiger partial charge is 0.224 e. The Morgan fingerprint density at radius 2 is 2.04 bits per heavy atom. The molecule has 0 saturated carbocycles. The van der Waals surface area contributed by atoms with E-state index in [-0.39, 0.29) is 18.9 Å². The monoisotopic (exact) mass is 368 g/mol. The number of nitrogens with one attached hydrogen (secondary N) is 1. The molecule has 9 nitrogen and oxygen atoms in total. The average Bonchev–Trinajstić information content (AvgIpc) is 3.12. The molecule has 0 bridgehead atoms. The molecule has 0 radical (unpaired) electrons. The van der Waals surface area contributed by atoms with E-state index in [0.29, 0.717) is 17.4 Å². The summed E-state index contributed by atoms with van der Waals surface area (Å²) in [4.78, 5) is 16.3. The van der Waals surface area contributed by atoms with E-state index >= 15 is 0 Å². The lowest BCUT2D eigenvalue weighted by molar-refractivity contribution is -0.120. The van der Waals surface area contributed by atoms with Crippen LogP contribution in [0.15, 0.2) is 42.5 Å². The number of rotatable bonds is 7. The van der Waals surface area contributed by atoms with E-state index in [1.807, 2.05) is 31.2 Å².